The summed E-state index contributed by atoms with van der Waals surface area (Å²) in [5.74, 6) is 0. The topological polar surface area (TPSA) is 9.72 Å². The molecule has 3 nitrogen and oxygen atoms in total. The van der Waals surface area contributed by atoms with Crippen LogP contribution in [0.15, 0.2) is 194 Å². The van der Waals surface area contributed by atoms with Crippen LogP contribution >= 0.6 is 0 Å². The zero-order chi connectivity index (χ0) is 34.7. The van der Waals surface area contributed by atoms with Crippen molar-refractivity contribution in [2.75, 3.05) is 14.7 Å². The average Bonchev–Trinajstić information content (AvgIpc) is 3.23. The molecular weight excluding hydrogens is 641 g/mol. The summed E-state index contributed by atoms with van der Waals surface area (Å²) in [6.07, 6.45) is 0. The van der Waals surface area contributed by atoms with Gasteiger partial charge in [0.2, 0.25) is 0 Å². The van der Waals surface area contributed by atoms with Gasteiger partial charge in [0, 0.05) is 34.1 Å². The molecule has 4 heteroatoms. The second-order valence-corrected chi connectivity index (χ2v) is 14.4. The maximum Gasteiger partial charge on any atom is 0.252 e. The Hall–Kier alpha value is -6.78. The molecule has 0 aliphatic carbocycles. The number of hydrogen-bond acceptors (Lipinski definition) is 3. The highest BCUT2D eigenvalue weighted by Crippen LogP contribution is 2.64. The number of fused-ring (bicyclic) bond motifs is 13. The van der Waals surface area contributed by atoms with Crippen LogP contribution < -0.4 is 31.1 Å². The molecule has 0 saturated carbocycles. The monoisotopic (exact) mass is 673 g/mol. The zero-order valence-corrected chi connectivity index (χ0v) is 28.9. The van der Waals surface area contributed by atoms with Gasteiger partial charge in [-0.25, -0.2) is 0 Å². The molecule has 0 aromatic heterocycles. The Labute approximate surface area is 309 Å². The lowest BCUT2D eigenvalue weighted by molar-refractivity contribution is 0.719. The summed E-state index contributed by atoms with van der Waals surface area (Å²) >= 11 is 0. The molecule has 0 fully saturated rings. The highest BCUT2D eigenvalue weighted by Gasteiger charge is 2.55. The van der Waals surface area contributed by atoms with E-state index in [1.165, 1.54) is 78.5 Å². The molecule has 0 amide bonds. The summed E-state index contributed by atoms with van der Waals surface area (Å²) in [4.78, 5) is 7.54. The van der Waals surface area contributed by atoms with Gasteiger partial charge in [0.1, 0.15) is 0 Å². The van der Waals surface area contributed by atoms with E-state index in [2.05, 4.69) is 209 Å². The number of para-hydroxylation sites is 7. The molecule has 1 spiro atoms. The van der Waals surface area contributed by atoms with Crippen molar-refractivity contribution in [2.24, 2.45) is 0 Å². The second-order valence-electron chi connectivity index (χ2n) is 14.4. The number of benzene rings is 8. The molecule has 12 rings (SSSR count). The Morgan fingerprint density at radius 3 is 1.23 bits per heavy atom. The molecular formula is C49H32BN3. The normalized spacial score (nSPS) is 14.8. The van der Waals surface area contributed by atoms with Crippen molar-refractivity contribution in [3.8, 4) is 0 Å². The minimum absolute atomic E-state index is 0.0702. The summed E-state index contributed by atoms with van der Waals surface area (Å²) in [6.45, 7) is 0.0702. The van der Waals surface area contributed by atoms with Crippen LogP contribution in [0.5, 0.6) is 0 Å². The van der Waals surface area contributed by atoms with Gasteiger partial charge in [-0.1, -0.05) is 133 Å². The fourth-order valence-electron chi connectivity index (χ4n) is 10.1. The Balaban J connectivity index is 1.26. The quantitative estimate of drug-likeness (QED) is 0.169. The summed E-state index contributed by atoms with van der Waals surface area (Å²) in [7, 11) is 0. The second kappa shape index (κ2) is 10.6. The third-order valence-corrected chi connectivity index (χ3v) is 12.0. The summed E-state index contributed by atoms with van der Waals surface area (Å²) < 4.78 is 0. The van der Waals surface area contributed by atoms with Gasteiger partial charge in [-0.2, -0.15) is 0 Å². The van der Waals surface area contributed by atoms with Crippen molar-refractivity contribution in [1.82, 2.24) is 0 Å². The van der Waals surface area contributed by atoms with E-state index in [4.69, 9.17) is 0 Å². The first-order valence-electron chi connectivity index (χ1n) is 18.5. The highest BCUT2D eigenvalue weighted by atomic mass is 15.2. The minimum Gasteiger partial charge on any atom is -0.311 e. The van der Waals surface area contributed by atoms with E-state index < -0.39 is 5.41 Å². The van der Waals surface area contributed by atoms with Gasteiger partial charge in [-0.3, -0.25) is 0 Å². The van der Waals surface area contributed by atoms with Crippen LogP contribution in [0.25, 0.3) is 0 Å². The van der Waals surface area contributed by atoms with Crippen molar-refractivity contribution in [3.05, 3.63) is 216 Å². The first-order valence-corrected chi connectivity index (χ1v) is 18.5. The SMILES string of the molecule is c1ccc(N2c3ccccc3C3(c4ccccc42)c2ccccc2N2c4ccccc4B4c5ccccc5N(c5ccccc5)c5ccc3c2c54)cc1. The van der Waals surface area contributed by atoms with E-state index in [1.54, 1.807) is 0 Å². The van der Waals surface area contributed by atoms with Gasteiger partial charge < -0.3 is 14.7 Å². The molecule has 4 heterocycles. The molecule has 246 valence electrons. The summed E-state index contributed by atoms with van der Waals surface area (Å²) in [5.41, 5.74) is 19.6. The number of nitrogens with zero attached hydrogens (tertiary/aromatic N) is 3. The fraction of sp³-hybridized carbons (Fsp3) is 0.0204. The molecule has 4 aliphatic rings. The van der Waals surface area contributed by atoms with Crippen molar-refractivity contribution in [3.63, 3.8) is 0 Å². The van der Waals surface area contributed by atoms with Crippen molar-refractivity contribution >= 4 is 74.3 Å². The Morgan fingerprint density at radius 2 is 0.698 bits per heavy atom. The highest BCUT2D eigenvalue weighted by molar-refractivity contribution is 7.00. The minimum atomic E-state index is -0.582. The average molecular weight is 674 g/mol. The van der Waals surface area contributed by atoms with Gasteiger partial charge in [-0.15, -0.1) is 0 Å². The largest absolute Gasteiger partial charge is 0.311 e. The lowest BCUT2D eigenvalue weighted by Crippen LogP contribution is -2.62. The zero-order valence-electron chi connectivity index (χ0n) is 28.9. The van der Waals surface area contributed by atoms with E-state index in [0.717, 1.165) is 11.4 Å². The van der Waals surface area contributed by atoms with E-state index in [0.29, 0.717) is 0 Å². The molecule has 0 bridgehead atoms. The smallest absolute Gasteiger partial charge is 0.252 e. The van der Waals surface area contributed by atoms with Crippen LogP contribution in [0.4, 0.5) is 51.2 Å². The van der Waals surface area contributed by atoms with Crippen LogP contribution in [0.1, 0.15) is 22.3 Å². The molecule has 0 saturated heterocycles. The van der Waals surface area contributed by atoms with Crippen LogP contribution in [-0.4, -0.2) is 6.71 Å². The first kappa shape index (κ1) is 28.9. The van der Waals surface area contributed by atoms with Crippen LogP contribution in [0, 0.1) is 0 Å². The Kier molecular flexibility index (Phi) is 5.79. The molecule has 8 aromatic carbocycles. The van der Waals surface area contributed by atoms with Gasteiger partial charge in [-0.05, 0) is 99.3 Å². The van der Waals surface area contributed by atoms with Gasteiger partial charge >= 0.3 is 0 Å². The first-order chi connectivity index (χ1) is 26.4. The van der Waals surface area contributed by atoms with E-state index in [-0.39, 0.29) is 6.71 Å². The molecule has 0 radical (unpaired) electrons. The van der Waals surface area contributed by atoms with Crippen LogP contribution in [-0.2, 0) is 5.41 Å². The maximum absolute atomic E-state index is 2.59. The van der Waals surface area contributed by atoms with Crippen molar-refractivity contribution in [2.45, 2.75) is 5.41 Å². The van der Waals surface area contributed by atoms with Gasteiger partial charge in [0.05, 0.1) is 22.5 Å². The lowest BCUT2D eigenvalue weighted by Gasteiger charge is -2.54. The lowest BCUT2D eigenvalue weighted by atomic mass is 9.33. The molecule has 0 atom stereocenters. The number of anilines is 9. The Bertz CT molecular complexity index is 2700. The molecule has 0 unspecified atom stereocenters. The molecule has 0 N–H and O–H groups in total. The number of hydrogen-bond donors (Lipinski definition) is 0. The summed E-state index contributed by atoms with van der Waals surface area (Å²) in [5, 5.41) is 0. The maximum atomic E-state index is 2.59. The standard InChI is InChI=1S/C49H32BN3/c1-3-17-33(18-4-1)51-41-26-12-7-21-35(41)49(36-22-8-13-27-42(36)51)37-23-9-14-28-43(37)53-45-30-16-11-25-40(45)50-39-24-10-15-29-44(39)52(34-19-5-2-6-20-34)46-32-31-38(49)48(53)47(46)50/h1-32H. The van der Waals surface area contributed by atoms with E-state index >= 15 is 0 Å². The molecule has 53 heavy (non-hydrogen) atoms. The van der Waals surface area contributed by atoms with Crippen LogP contribution in [0.3, 0.4) is 0 Å². The number of rotatable bonds is 2. The predicted molar refractivity (Wildman–Crippen MR) is 221 cm³/mol. The third-order valence-electron chi connectivity index (χ3n) is 12.0. The fourth-order valence-corrected chi connectivity index (χ4v) is 10.1. The van der Waals surface area contributed by atoms with Gasteiger partial charge in [0.25, 0.3) is 6.71 Å². The van der Waals surface area contributed by atoms with Crippen LogP contribution in [0.2, 0.25) is 0 Å². The Morgan fingerprint density at radius 1 is 0.302 bits per heavy atom. The van der Waals surface area contributed by atoms with E-state index in [9.17, 15) is 0 Å². The molecule has 4 aliphatic heterocycles. The predicted octanol–water partition coefficient (Wildman–Crippen LogP) is 10.2. The molecule has 8 aromatic rings. The van der Waals surface area contributed by atoms with Crippen molar-refractivity contribution < 1.29 is 0 Å². The summed E-state index contributed by atoms with van der Waals surface area (Å²) in [6, 6.07) is 72.1. The van der Waals surface area contributed by atoms with Crippen molar-refractivity contribution in [1.29, 1.82) is 0 Å². The van der Waals surface area contributed by atoms with Gasteiger partial charge in [0.15, 0.2) is 0 Å². The van der Waals surface area contributed by atoms with E-state index in [1.807, 2.05) is 0 Å². The third kappa shape index (κ3) is 3.60.